The van der Waals surface area contributed by atoms with E-state index in [-0.39, 0.29) is 5.69 Å². The molecule has 0 heterocycles. The number of anilines is 1. The first kappa shape index (κ1) is 19.2. The van der Waals surface area contributed by atoms with E-state index >= 15 is 0 Å². The summed E-state index contributed by atoms with van der Waals surface area (Å²) >= 11 is 0. The number of hydrogen-bond acceptors (Lipinski definition) is 4. The van der Waals surface area contributed by atoms with Crippen LogP contribution >= 0.6 is 0 Å². The van der Waals surface area contributed by atoms with E-state index in [1.807, 2.05) is 0 Å². The van der Waals surface area contributed by atoms with Crippen LogP contribution in [0.3, 0.4) is 0 Å². The molecule has 0 saturated carbocycles. The lowest BCUT2D eigenvalue weighted by Crippen LogP contribution is -2.37. The molecule has 0 aromatic heterocycles. The minimum atomic E-state index is -1.08. The Hall–Kier alpha value is -3.16. The van der Waals surface area contributed by atoms with Gasteiger partial charge in [0, 0.05) is 11.6 Å². The molecule has 26 heavy (non-hydrogen) atoms. The molecule has 0 aliphatic heterocycles. The van der Waals surface area contributed by atoms with Gasteiger partial charge in [0.05, 0.1) is 25.9 Å². The maximum atomic E-state index is 13.6. The molecule has 0 bridgehead atoms. The minimum absolute atomic E-state index is 0.293. The number of carbonyl (C=O) groups excluding carboxylic acids is 2. The highest BCUT2D eigenvalue weighted by atomic mass is 19.1. The summed E-state index contributed by atoms with van der Waals surface area (Å²) < 4.78 is 36.8. The number of amides is 2. The third-order valence-electron chi connectivity index (χ3n) is 3.64. The Kier molecular flexibility index (Phi) is 6.11. The van der Waals surface area contributed by atoms with E-state index in [2.05, 4.69) is 10.6 Å². The summed E-state index contributed by atoms with van der Waals surface area (Å²) in [7, 11) is 2.98. The maximum Gasteiger partial charge on any atom is 0.313 e. The van der Waals surface area contributed by atoms with Crippen LogP contribution in [0.4, 0.5) is 14.5 Å². The fourth-order valence-corrected chi connectivity index (χ4v) is 2.29. The summed E-state index contributed by atoms with van der Waals surface area (Å²) in [5.74, 6) is -2.77. The highest BCUT2D eigenvalue weighted by molar-refractivity contribution is 6.39. The Morgan fingerprint density at radius 3 is 2.35 bits per heavy atom. The van der Waals surface area contributed by atoms with Crippen molar-refractivity contribution in [3.8, 4) is 11.5 Å². The number of benzene rings is 2. The molecule has 0 aliphatic carbocycles. The van der Waals surface area contributed by atoms with E-state index in [1.165, 1.54) is 14.2 Å². The van der Waals surface area contributed by atoms with Crippen molar-refractivity contribution in [2.75, 3.05) is 19.5 Å². The lowest BCUT2D eigenvalue weighted by molar-refractivity contribution is -0.136. The summed E-state index contributed by atoms with van der Waals surface area (Å²) in [5.41, 5.74) is 0.305. The number of nitrogens with one attached hydrogen (secondary N) is 2. The Morgan fingerprint density at radius 1 is 1.00 bits per heavy atom. The molecule has 0 aliphatic rings. The fourth-order valence-electron chi connectivity index (χ4n) is 2.29. The van der Waals surface area contributed by atoms with Crippen molar-refractivity contribution in [2.45, 2.75) is 13.0 Å². The first-order valence-corrected chi connectivity index (χ1v) is 7.64. The summed E-state index contributed by atoms with van der Waals surface area (Å²) in [6.07, 6.45) is 0. The molecule has 0 spiro atoms. The zero-order valence-corrected chi connectivity index (χ0v) is 14.4. The third kappa shape index (κ3) is 4.47. The second-order valence-corrected chi connectivity index (χ2v) is 5.38. The van der Waals surface area contributed by atoms with Crippen molar-refractivity contribution >= 4 is 17.5 Å². The topological polar surface area (TPSA) is 76.7 Å². The van der Waals surface area contributed by atoms with Crippen LogP contribution in [0.5, 0.6) is 11.5 Å². The van der Waals surface area contributed by atoms with Crippen LogP contribution < -0.4 is 20.1 Å². The zero-order chi connectivity index (χ0) is 19.3. The van der Waals surface area contributed by atoms with Crippen molar-refractivity contribution in [1.29, 1.82) is 0 Å². The number of methoxy groups -OCH3 is 2. The van der Waals surface area contributed by atoms with E-state index in [9.17, 15) is 18.4 Å². The van der Waals surface area contributed by atoms with Crippen LogP contribution in [0.1, 0.15) is 18.5 Å². The molecule has 2 rings (SSSR count). The second kappa shape index (κ2) is 8.28. The van der Waals surface area contributed by atoms with E-state index in [4.69, 9.17) is 9.47 Å². The summed E-state index contributed by atoms with van der Waals surface area (Å²) in [5, 5.41) is 4.59. The normalized spacial score (nSPS) is 11.4. The summed E-state index contributed by atoms with van der Waals surface area (Å²) in [4.78, 5) is 24.0. The fraction of sp³-hybridized carbons (Fsp3) is 0.222. The van der Waals surface area contributed by atoms with Gasteiger partial charge in [0.25, 0.3) is 0 Å². The van der Waals surface area contributed by atoms with Gasteiger partial charge in [-0.15, -0.1) is 0 Å². The highest BCUT2D eigenvalue weighted by Crippen LogP contribution is 2.29. The molecule has 1 atom stereocenters. The molecular formula is C18H18F2N2O4. The van der Waals surface area contributed by atoms with Crippen LogP contribution in [0.15, 0.2) is 36.4 Å². The predicted molar refractivity (Wildman–Crippen MR) is 91.1 cm³/mol. The van der Waals surface area contributed by atoms with Gasteiger partial charge in [-0.05, 0) is 37.3 Å². The van der Waals surface area contributed by atoms with E-state index in [1.54, 1.807) is 25.1 Å². The number of hydrogen-bond donors (Lipinski definition) is 2. The average molecular weight is 364 g/mol. The highest BCUT2D eigenvalue weighted by Gasteiger charge is 2.21. The van der Waals surface area contributed by atoms with E-state index < -0.39 is 29.5 Å². The largest absolute Gasteiger partial charge is 0.497 e. The standard InChI is InChI=1S/C18H18F2N2O4/c1-10(13-9-12(25-2)5-7-16(13)26-3)21-17(23)18(24)22-15-6-4-11(19)8-14(15)20/h4-10H,1-3H3,(H,21,23)(H,22,24). The Balaban J connectivity index is 2.10. The van der Waals surface area contributed by atoms with Crippen LogP contribution in [0.2, 0.25) is 0 Å². The van der Waals surface area contributed by atoms with Gasteiger partial charge < -0.3 is 20.1 Å². The van der Waals surface area contributed by atoms with Crippen LogP contribution in [-0.4, -0.2) is 26.0 Å². The SMILES string of the molecule is COc1ccc(OC)c(C(C)NC(=O)C(=O)Nc2ccc(F)cc2F)c1. The Bertz CT molecular complexity index is 827. The van der Waals surface area contributed by atoms with Crippen molar-refractivity contribution in [3.05, 3.63) is 53.6 Å². The maximum absolute atomic E-state index is 13.6. The summed E-state index contributed by atoms with van der Waals surface area (Å²) in [6.45, 7) is 1.65. The van der Waals surface area contributed by atoms with Gasteiger partial charge in [0.15, 0.2) is 0 Å². The molecule has 2 N–H and O–H groups in total. The number of halogens is 2. The molecule has 138 valence electrons. The lowest BCUT2D eigenvalue weighted by Gasteiger charge is -2.18. The van der Waals surface area contributed by atoms with Gasteiger partial charge >= 0.3 is 11.8 Å². The smallest absolute Gasteiger partial charge is 0.313 e. The molecule has 8 heteroatoms. The zero-order valence-electron chi connectivity index (χ0n) is 14.4. The van der Waals surface area contributed by atoms with Gasteiger partial charge in [-0.3, -0.25) is 9.59 Å². The monoisotopic (exact) mass is 364 g/mol. The molecule has 2 amide bonds. The first-order chi connectivity index (χ1) is 12.3. The Labute approximate surface area is 149 Å². The van der Waals surface area contributed by atoms with E-state index in [0.717, 1.165) is 12.1 Å². The van der Waals surface area contributed by atoms with Crippen LogP contribution in [-0.2, 0) is 9.59 Å². The molecule has 0 radical (unpaired) electrons. The first-order valence-electron chi connectivity index (χ1n) is 7.64. The second-order valence-electron chi connectivity index (χ2n) is 5.38. The minimum Gasteiger partial charge on any atom is -0.497 e. The molecule has 0 saturated heterocycles. The van der Waals surface area contributed by atoms with Crippen molar-refractivity contribution < 1.29 is 27.8 Å². The molecule has 6 nitrogen and oxygen atoms in total. The number of rotatable bonds is 5. The van der Waals surface area contributed by atoms with Gasteiger partial charge in [-0.2, -0.15) is 0 Å². The van der Waals surface area contributed by atoms with Crippen LogP contribution in [0.25, 0.3) is 0 Å². The average Bonchev–Trinajstić information content (AvgIpc) is 2.63. The van der Waals surface area contributed by atoms with E-state index in [0.29, 0.717) is 23.1 Å². The van der Waals surface area contributed by atoms with Crippen molar-refractivity contribution in [1.82, 2.24) is 5.32 Å². The Morgan fingerprint density at radius 2 is 1.73 bits per heavy atom. The molecule has 2 aromatic carbocycles. The third-order valence-corrected chi connectivity index (χ3v) is 3.64. The van der Waals surface area contributed by atoms with Gasteiger partial charge in [-0.1, -0.05) is 0 Å². The number of carbonyl (C=O) groups is 2. The van der Waals surface area contributed by atoms with Crippen molar-refractivity contribution in [3.63, 3.8) is 0 Å². The van der Waals surface area contributed by atoms with Crippen molar-refractivity contribution in [2.24, 2.45) is 0 Å². The molecule has 0 fully saturated rings. The quantitative estimate of drug-likeness (QED) is 0.800. The van der Waals surface area contributed by atoms with Gasteiger partial charge in [0.2, 0.25) is 0 Å². The summed E-state index contributed by atoms with van der Waals surface area (Å²) in [6, 6.07) is 7.06. The van der Waals surface area contributed by atoms with Crippen LogP contribution in [0, 0.1) is 11.6 Å². The predicted octanol–water partition coefficient (Wildman–Crippen LogP) is 2.80. The lowest BCUT2D eigenvalue weighted by atomic mass is 10.1. The van der Waals surface area contributed by atoms with Gasteiger partial charge in [0.1, 0.15) is 23.1 Å². The molecule has 1 unspecified atom stereocenters. The number of ether oxygens (including phenoxy) is 2. The molecular weight excluding hydrogens is 346 g/mol. The van der Waals surface area contributed by atoms with Gasteiger partial charge in [-0.25, -0.2) is 8.78 Å². The molecule has 2 aromatic rings.